The van der Waals surface area contributed by atoms with Crippen LogP contribution in [0.2, 0.25) is 0 Å². The lowest BCUT2D eigenvalue weighted by Crippen LogP contribution is -2.48. The second-order valence-electron chi connectivity index (χ2n) is 3.34. The first-order valence-electron chi connectivity index (χ1n) is 4.87. The molecule has 0 aliphatic carbocycles. The normalized spacial score (nSPS) is 18.6. The van der Waals surface area contributed by atoms with Crippen LogP contribution in [0.5, 0.6) is 0 Å². The number of hydrogen-bond donors (Lipinski definition) is 0. The first kappa shape index (κ1) is 11.4. The Kier molecular flexibility index (Phi) is 4.86. The van der Waals surface area contributed by atoms with E-state index in [0.717, 1.165) is 32.7 Å². The van der Waals surface area contributed by atoms with E-state index in [1.54, 1.807) is 6.92 Å². The molecule has 1 saturated heterocycles. The van der Waals surface area contributed by atoms with E-state index in [2.05, 4.69) is 9.79 Å². The highest BCUT2D eigenvalue weighted by atomic mass is 17.2. The molecular formula is C9H18N2O3. The van der Waals surface area contributed by atoms with Gasteiger partial charge in [0.25, 0.3) is 0 Å². The van der Waals surface area contributed by atoms with Gasteiger partial charge in [-0.3, -0.25) is 9.69 Å². The predicted molar refractivity (Wildman–Crippen MR) is 51.7 cm³/mol. The van der Waals surface area contributed by atoms with E-state index in [4.69, 9.17) is 4.89 Å². The van der Waals surface area contributed by atoms with Crippen molar-refractivity contribution in [3.8, 4) is 0 Å². The molecule has 1 heterocycles. The summed E-state index contributed by atoms with van der Waals surface area (Å²) in [5.41, 5.74) is 0. The molecule has 0 aromatic carbocycles. The van der Waals surface area contributed by atoms with Gasteiger partial charge in [0.05, 0.1) is 13.7 Å². The lowest BCUT2D eigenvalue weighted by atomic mass is 10.3. The molecule has 0 unspecified atom stereocenters. The Balaban J connectivity index is 2.12. The summed E-state index contributed by atoms with van der Waals surface area (Å²) in [5, 5.41) is 0. The van der Waals surface area contributed by atoms with Crippen molar-refractivity contribution in [1.82, 2.24) is 9.80 Å². The molecule has 5 nitrogen and oxygen atoms in total. The highest BCUT2D eigenvalue weighted by molar-refractivity contribution is 5.73. The second kappa shape index (κ2) is 5.95. The number of carbonyl (C=O) groups is 1. The van der Waals surface area contributed by atoms with E-state index < -0.39 is 0 Å². The zero-order valence-corrected chi connectivity index (χ0v) is 8.86. The van der Waals surface area contributed by atoms with E-state index in [0.29, 0.717) is 6.61 Å². The topological polar surface area (TPSA) is 42.0 Å². The van der Waals surface area contributed by atoms with Gasteiger partial charge in [0.2, 0.25) is 5.91 Å². The van der Waals surface area contributed by atoms with Gasteiger partial charge in [-0.2, -0.15) is 0 Å². The van der Waals surface area contributed by atoms with E-state index in [1.165, 1.54) is 7.11 Å². The van der Waals surface area contributed by atoms with Gasteiger partial charge < -0.3 is 4.90 Å². The largest absolute Gasteiger partial charge is 0.340 e. The summed E-state index contributed by atoms with van der Waals surface area (Å²) in [6.07, 6.45) is 0. The predicted octanol–water partition coefficient (Wildman–Crippen LogP) is -0.271. The van der Waals surface area contributed by atoms with Crippen molar-refractivity contribution in [2.45, 2.75) is 6.92 Å². The SMILES string of the molecule is COOCCN1CCN(C(C)=O)CC1. The molecule has 1 aliphatic heterocycles. The van der Waals surface area contributed by atoms with Crippen molar-refractivity contribution >= 4 is 5.91 Å². The smallest absolute Gasteiger partial charge is 0.219 e. The van der Waals surface area contributed by atoms with Gasteiger partial charge >= 0.3 is 0 Å². The van der Waals surface area contributed by atoms with Gasteiger partial charge in [-0.1, -0.05) is 0 Å². The number of piperazine rings is 1. The highest BCUT2D eigenvalue weighted by Gasteiger charge is 2.17. The summed E-state index contributed by atoms with van der Waals surface area (Å²) < 4.78 is 0. The molecule has 0 atom stereocenters. The lowest BCUT2D eigenvalue weighted by Gasteiger charge is -2.33. The van der Waals surface area contributed by atoms with E-state index in [-0.39, 0.29) is 5.91 Å². The minimum atomic E-state index is 0.165. The van der Waals surface area contributed by atoms with Crippen LogP contribution in [0, 0.1) is 0 Å². The molecule has 1 amide bonds. The molecule has 0 saturated carbocycles. The van der Waals surface area contributed by atoms with Crippen LogP contribution in [0.4, 0.5) is 0 Å². The van der Waals surface area contributed by atoms with Gasteiger partial charge in [0.1, 0.15) is 0 Å². The monoisotopic (exact) mass is 202 g/mol. The zero-order valence-electron chi connectivity index (χ0n) is 8.86. The standard InChI is InChI=1S/C9H18N2O3/c1-9(12)11-5-3-10(4-6-11)7-8-14-13-2/h3-8H2,1-2H3. The molecule has 1 rings (SSSR count). The van der Waals surface area contributed by atoms with E-state index >= 15 is 0 Å². The molecule has 14 heavy (non-hydrogen) atoms. The summed E-state index contributed by atoms with van der Waals surface area (Å²) in [6.45, 7) is 6.55. The van der Waals surface area contributed by atoms with Crippen molar-refractivity contribution in [2.24, 2.45) is 0 Å². The molecule has 0 bridgehead atoms. The van der Waals surface area contributed by atoms with Crippen molar-refractivity contribution in [3.63, 3.8) is 0 Å². The molecule has 0 N–H and O–H groups in total. The van der Waals surface area contributed by atoms with Crippen molar-refractivity contribution in [1.29, 1.82) is 0 Å². The average molecular weight is 202 g/mol. The number of carbonyl (C=O) groups excluding carboxylic acids is 1. The number of rotatable bonds is 4. The second-order valence-corrected chi connectivity index (χ2v) is 3.34. The molecule has 0 radical (unpaired) electrons. The molecule has 1 fully saturated rings. The number of hydrogen-bond acceptors (Lipinski definition) is 4. The van der Waals surface area contributed by atoms with Gasteiger partial charge in [-0.25, -0.2) is 9.78 Å². The Morgan fingerprint density at radius 3 is 2.43 bits per heavy atom. The first-order valence-corrected chi connectivity index (χ1v) is 4.87. The number of amides is 1. The average Bonchev–Trinajstić information content (AvgIpc) is 2.19. The van der Waals surface area contributed by atoms with Crippen molar-refractivity contribution < 1.29 is 14.6 Å². The van der Waals surface area contributed by atoms with Crippen LogP contribution >= 0.6 is 0 Å². The third kappa shape index (κ3) is 3.61. The van der Waals surface area contributed by atoms with Crippen LogP contribution in [0.3, 0.4) is 0 Å². The molecular weight excluding hydrogens is 184 g/mol. The minimum Gasteiger partial charge on any atom is -0.340 e. The maximum absolute atomic E-state index is 11.0. The Morgan fingerprint density at radius 1 is 1.29 bits per heavy atom. The summed E-state index contributed by atoms with van der Waals surface area (Å²) in [5.74, 6) is 0.165. The Labute approximate surface area is 84.5 Å². The molecule has 0 spiro atoms. The molecule has 1 aliphatic rings. The lowest BCUT2D eigenvalue weighted by molar-refractivity contribution is -0.273. The fraction of sp³-hybridized carbons (Fsp3) is 0.889. The third-order valence-electron chi connectivity index (χ3n) is 2.43. The van der Waals surface area contributed by atoms with E-state index in [9.17, 15) is 4.79 Å². The summed E-state index contributed by atoms with van der Waals surface area (Å²) >= 11 is 0. The fourth-order valence-electron chi connectivity index (χ4n) is 1.54. The van der Waals surface area contributed by atoms with Crippen LogP contribution in [0.1, 0.15) is 6.92 Å². The van der Waals surface area contributed by atoms with Crippen LogP contribution in [-0.4, -0.2) is 62.1 Å². The van der Waals surface area contributed by atoms with Gasteiger partial charge in [0.15, 0.2) is 0 Å². The summed E-state index contributed by atoms with van der Waals surface area (Å²) in [7, 11) is 1.51. The van der Waals surface area contributed by atoms with Crippen LogP contribution < -0.4 is 0 Å². The zero-order chi connectivity index (χ0) is 10.4. The highest BCUT2D eigenvalue weighted by Crippen LogP contribution is 2.01. The van der Waals surface area contributed by atoms with Crippen molar-refractivity contribution in [3.05, 3.63) is 0 Å². The van der Waals surface area contributed by atoms with Gasteiger partial charge in [0, 0.05) is 39.6 Å². The van der Waals surface area contributed by atoms with Gasteiger partial charge in [-0.05, 0) is 0 Å². The van der Waals surface area contributed by atoms with E-state index in [1.807, 2.05) is 4.90 Å². The Bertz CT molecular complexity index is 179. The summed E-state index contributed by atoms with van der Waals surface area (Å²) in [4.78, 5) is 24.4. The quantitative estimate of drug-likeness (QED) is 0.357. The maximum Gasteiger partial charge on any atom is 0.219 e. The van der Waals surface area contributed by atoms with Crippen LogP contribution in [0.25, 0.3) is 0 Å². The Morgan fingerprint density at radius 2 is 1.93 bits per heavy atom. The fourth-order valence-corrected chi connectivity index (χ4v) is 1.54. The maximum atomic E-state index is 11.0. The molecule has 82 valence electrons. The first-order chi connectivity index (χ1) is 6.74. The molecule has 0 aromatic heterocycles. The molecule has 0 aromatic rings. The molecule has 5 heteroatoms. The Hall–Kier alpha value is -0.650. The minimum absolute atomic E-state index is 0.165. The third-order valence-corrected chi connectivity index (χ3v) is 2.43. The van der Waals surface area contributed by atoms with Crippen molar-refractivity contribution in [2.75, 3.05) is 46.4 Å². The summed E-state index contributed by atoms with van der Waals surface area (Å²) in [6, 6.07) is 0. The van der Waals surface area contributed by atoms with Crippen LogP contribution in [-0.2, 0) is 14.6 Å². The number of nitrogens with zero attached hydrogens (tertiary/aromatic N) is 2. The van der Waals surface area contributed by atoms with Gasteiger partial charge in [-0.15, -0.1) is 0 Å². The van der Waals surface area contributed by atoms with Crippen LogP contribution in [0.15, 0.2) is 0 Å².